The van der Waals surface area contributed by atoms with Crippen molar-refractivity contribution in [2.75, 3.05) is 25.1 Å². The molecule has 2 aromatic carbocycles. The van der Waals surface area contributed by atoms with E-state index in [1.54, 1.807) is 53.4 Å². The lowest BCUT2D eigenvalue weighted by Crippen LogP contribution is -2.47. The number of halogens is 1. The summed E-state index contributed by atoms with van der Waals surface area (Å²) in [5, 5.41) is 3.18. The summed E-state index contributed by atoms with van der Waals surface area (Å²) in [4.78, 5) is 26.6. The van der Waals surface area contributed by atoms with Crippen molar-refractivity contribution < 1.29 is 14.3 Å². The van der Waals surface area contributed by atoms with Crippen molar-refractivity contribution in [1.82, 2.24) is 4.90 Å². The molecule has 6 heteroatoms. The summed E-state index contributed by atoms with van der Waals surface area (Å²) >= 11 is 6.03. The smallest absolute Gasteiger partial charge is 0.257 e. The first-order chi connectivity index (χ1) is 12.1. The van der Waals surface area contributed by atoms with Gasteiger partial charge in [-0.15, -0.1) is 0 Å². The van der Waals surface area contributed by atoms with Crippen LogP contribution in [0, 0.1) is 0 Å². The highest BCUT2D eigenvalue weighted by Crippen LogP contribution is 2.19. The molecule has 0 bridgehead atoms. The molecule has 1 saturated heterocycles. The Balaban J connectivity index is 1.69. The molecule has 5 nitrogen and oxygen atoms in total. The first-order valence-electron chi connectivity index (χ1n) is 8.11. The van der Waals surface area contributed by atoms with Gasteiger partial charge in [-0.3, -0.25) is 9.59 Å². The van der Waals surface area contributed by atoms with E-state index in [-0.39, 0.29) is 17.9 Å². The fourth-order valence-electron chi connectivity index (χ4n) is 2.73. The van der Waals surface area contributed by atoms with E-state index in [1.165, 1.54) is 0 Å². The van der Waals surface area contributed by atoms with Crippen molar-refractivity contribution in [3.8, 4) is 0 Å². The van der Waals surface area contributed by atoms with Gasteiger partial charge in [0.15, 0.2) is 0 Å². The number of benzene rings is 2. The second kappa shape index (κ2) is 7.68. The molecule has 0 aliphatic carbocycles. The molecule has 1 N–H and O–H groups in total. The first kappa shape index (κ1) is 17.5. The van der Waals surface area contributed by atoms with Crippen LogP contribution in [0.3, 0.4) is 0 Å². The van der Waals surface area contributed by atoms with E-state index in [2.05, 4.69) is 5.32 Å². The maximum Gasteiger partial charge on any atom is 0.257 e. The van der Waals surface area contributed by atoms with Crippen LogP contribution in [0.2, 0.25) is 5.02 Å². The van der Waals surface area contributed by atoms with Gasteiger partial charge in [0.05, 0.1) is 29.8 Å². The third-order valence-electron chi connectivity index (χ3n) is 4.14. The normalized spacial score (nSPS) is 17.2. The minimum atomic E-state index is -0.286. The molecule has 1 aliphatic rings. The van der Waals surface area contributed by atoms with Crippen LogP contribution in [0.25, 0.3) is 0 Å². The van der Waals surface area contributed by atoms with Crippen molar-refractivity contribution in [2.45, 2.75) is 13.0 Å². The average Bonchev–Trinajstić information content (AvgIpc) is 2.62. The van der Waals surface area contributed by atoms with Gasteiger partial charge < -0.3 is 15.0 Å². The highest BCUT2D eigenvalue weighted by molar-refractivity contribution is 6.34. The van der Waals surface area contributed by atoms with Crippen molar-refractivity contribution in [3.05, 3.63) is 64.7 Å². The van der Waals surface area contributed by atoms with Crippen LogP contribution in [-0.4, -0.2) is 42.5 Å². The molecule has 1 unspecified atom stereocenters. The maximum absolute atomic E-state index is 12.6. The van der Waals surface area contributed by atoms with Gasteiger partial charge in [-0.1, -0.05) is 23.7 Å². The van der Waals surface area contributed by atoms with Crippen molar-refractivity contribution in [1.29, 1.82) is 0 Å². The lowest BCUT2D eigenvalue weighted by molar-refractivity contribution is 0.00359. The third-order valence-corrected chi connectivity index (χ3v) is 4.47. The van der Waals surface area contributed by atoms with Gasteiger partial charge in [-0.05, 0) is 43.3 Å². The van der Waals surface area contributed by atoms with E-state index < -0.39 is 0 Å². The summed E-state index contributed by atoms with van der Waals surface area (Å²) in [6.07, 6.45) is 0. The number of nitrogens with one attached hydrogen (secondary N) is 1. The Hall–Kier alpha value is -2.37. The number of morpholine rings is 1. The maximum atomic E-state index is 12.6. The monoisotopic (exact) mass is 358 g/mol. The molecule has 1 heterocycles. The topological polar surface area (TPSA) is 58.6 Å². The number of hydrogen-bond acceptors (Lipinski definition) is 3. The SMILES string of the molecule is CC1COCCN1C(=O)c1ccc(NC(=O)c2ccccc2Cl)cc1. The van der Waals surface area contributed by atoms with Crippen LogP contribution in [0.5, 0.6) is 0 Å². The number of carbonyl (C=O) groups is 2. The predicted octanol–water partition coefficient (Wildman–Crippen LogP) is 3.45. The summed E-state index contributed by atoms with van der Waals surface area (Å²) in [7, 11) is 0. The van der Waals surface area contributed by atoms with Gasteiger partial charge in [0.2, 0.25) is 0 Å². The number of anilines is 1. The second-order valence-corrected chi connectivity index (χ2v) is 6.34. The largest absolute Gasteiger partial charge is 0.377 e. The molecule has 2 amide bonds. The standard InChI is InChI=1S/C19H19ClN2O3/c1-13-12-25-11-10-22(13)19(24)14-6-8-15(9-7-14)21-18(23)16-4-2-3-5-17(16)20/h2-9,13H,10-12H2,1H3,(H,21,23). The van der Waals surface area contributed by atoms with Crippen LogP contribution in [0.4, 0.5) is 5.69 Å². The number of rotatable bonds is 3. The molecular weight excluding hydrogens is 340 g/mol. The van der Waals surface area contributed by atoms with Crippen LogP contribution in [-0.2, 0) is 4.74 Å². The molecule has 130 valence electrons. The Kier molecular flexibility index (Phi) is 5.36. The molecule has 1 fully saturated rings. The molecule has 1 atom stereocenters. The molecule has 25 heavy (non-hydrogen) atoms. The lowest BCUT2D eigenvalue weighted by Gasteiger charge is -2.33. The average molecular weight is 359 g/mol. The summed E-state index contributed by atoms with van der Waals surface area (Å²) in [5.74, 6) is -0.314. The molecule has 0 aromatic heterocycles. The number of ether oxygens (including phenoxy) is 1. The Bertz CT molecular complexity index is 776. The third kappa shape index (κ3) is 4.00. The van der Waals surface area contributed by atoms with Gasteiger partial charge in [0.1, 0.15) is 0 Å². The predicted molar refractivity (Wildman–Crippen MR) is 97.2 cm³/mol. The van der Waals surface area contributed by atoms with Crippen molar-refractivity contribution >= 4 is 29.1 Å². The lowest BCUT2D eigenvalue weighted by atomic mass is 10.1. The van der Waals surface area contributed by atoms with Gasteiger partial charge >= 0.3 is 0 Å². The zero-order valence-corrected chi connectivity index (χ0v) is 14.6. The molecule has 3 rings (SSSR count). The number of amides is 2. The summed E-state index contributed by atoms with van der Waals surface area (Å²) < 4.78 is 5.36. The van der Waals surface area contributed by atoms with E-state index in [9.17, 15) is 9.59 Å². The van der Waals surface area contributed by atoms with Gasteiger partial charge in [0.25, 0.3) is 11.8 Å². The zero-order valence-electron chi connectivity index (χ0n) is 13.9. The van der Waals surface area contributed by atoms with Gasteiger partial charge in [-0.2, -0.15) is 0 Å². The molecule has 0 saturated carbocycles. The van der Waals surface area contributed by atoms with Crippen LogP contribution in [0.1, 0.15) is 27.6 Å². The fraction of sp³-hybridized carbons (Fsp3) is 0.263. The minimum absolute atomic E-state index is 0.0280. The first-order valence-corrected chi connectivity index (χ1v) is 8.48. The van der Waals surface area contributed by atoms with Crippen LogP contribution < -0.4 is 5.32 Å². The summed E-state index contributed by atoms with van der Waals surface area (Å²) in [6.45, 7) is 3.67. The highest BCUT2D eigenvalue weighted by atomic mass is 35.5. The van der Waals surface area contributed by atoms with Crippen LogP contribution >= 0.6 is 11.6 Å². The Morgan fingerprint density at radius 1 is 1.16 bits per heavy atom. The van der Waals surface area contributed by atoms with Crippen molar-refractivity contribution in [2.24, 2.45) is 0 Å². The quantitative estimate of drug-likeness (QED) is 0.914. The molecule has 0 radical (unpaired) electrons. The zero-order chi connectivity index (χ0) is 17.8. The Labute approximate surface area is 151 Å². The van der Waals surface area contributed by atoms with E-state index in [0.29, 0.717) is 41.6 Å². The summed E-state index contributed by atoms with van der Waals surface area (Å²) in [6, 6.07) is 13.8. The van der Waals surface area contributed by atoms with E-state index in [0.717, 1.165) is 0 Å². The minimum Gasteiger partial charge on any atom is -0.377 e. The molecular formula is C19H19ClN2O3. The van der Waals surface area contributed by atoms with E-state index in [1.807, 2.05) is 6.92 Å². The number of carbonyl (C=O) groups excluding carboxylic acids is 2. The van der Waals surface area contributed by atoms with Crippen LogP contribution in [0.15, 0.2) is 48.5 Å². The van der Waals surface area contributed by atoms with E-state index in [4.69, 9.17) is 16.3 Å². The summed E-state index contributed by atoms with van der Waals surface area (Å²) in [5.41, 5.74) is 1.60. The Morgan fingerprint density at radius 2 is 1.88 bits per heavy atom. The van der Waals surface area contributed by atoms with Crippen molar-refractivity contribution in [3.63, 3.8) is 0 Å². The molecule has 1 aliphatic heterocycles. The molecule has 2 aromatic rings. The highest BCUT2D eigenvalue weighted by Gasteiger charge is 2.24. The van der Waals surface area contributed by atoms with Gasteiger partial charge in [-0.25, -0.2) is 0 Å². The second-order valence-electron chi connectivity index (χ2n) is 5.93. The molecule has 0 spiro atoms. The number of nitrogens with zero attached hydrogens (tertiary/aromatic N) is 1. The Morgan fingerprint density at radius 3 is 2.56 bits per heavy atom. The van der Waals surface area contributed by atoms with Gasteiger partial charge in [0, 0.05) is 17.8 Å². The van der Waals surface area contributed by atoms with E-state index >= 15 is 0 Å². The number of hydrogen-bond donors (Lipinski definition) is 1. The fourth-order valence-corrected chi connectivity index (χ4v) is 2.96.